The maximum atomic E-state index is 13.4. The molecule has 3 rings (SSSR count). The molecule has 2 amide bonds. The number of hydrogen-bond acceptors (Lipinski definition) is 13. The van der Waals surface area contributed by atoms with Gasteiger partial charge in [-0.05, 0) is 63.1 Å². The van der Waals surface area contributed by atoms with Gasteiger partial charge in [-0.25, -0.2) is 24.0 Å². The average Bonchev–Trinajstić information content (AvgIpc) is 3.63. The van der Waals surface area contributed by atoms with Gasteiger partial charge in [0.1, 0.15) is 12.4 Å². The molecule has 0 radical (unpaired) electrons. The number of methoxy groups -OCH3 is 1. The summed E-state index contributed by atoms with van der Waals surface area (Å²) in [6, 6.07) is 13.9. The van der Waals surface area contributed by atoms with Gasteiger partial charge in [0.15, 0.2) is 24.4 Å². The lowest BCUT2D eigenvalue weighted by Gasteiger charge is -2.24. The van der Waals surface area contributed by atoms with Crippen molar-refractivity contribution >= 4 is 41.6 Å². The second-order valence-electron chi connectivity index (χ2n) is 10.9. The number of carbonyl (C=O) groups excluding carboxylic acids is 6. The van der Waals surface area contributed by atoms with E-state index in [1.54, 1.807) is 42.7 Å². The molecule has 0 spiro atoms. The smallest absolute Gasteiger partial charge is 0.347 e. The molecule has 0 saturated carbocycles. The lowest BCUT2D eigenvalue weighted by molar-refractivity contribution is -0.184. The molecule has 1 heterocycles. The lowest BCUT2D eigenvalue weighted by Crippen LogP contribution is -2.39. The number of rotatable bonds is 16. The summed E-state index contributed by atoms with van der Waals surface area (Å²) in [5.74, 6) is -4.15. The van der Waals surface area contributed by atoms with E-state index in [4.69, 9.17) is 28.4 Å². The Kier molecular flexibility index (Phi) is 14.3. The second-order valence-corrected chi connectivity index (χ2v) is 10.9. The van der Waals surface area contributed by atoms with Crippen molar-refractivity contribution in [2.75, 3.05) is 25.6 Å². The molecule has 0 fully saturated rings. The van der Waals surface area contributed by atoms with E-state index in [0.29, 0.717) is 11.4 Å². The molecule has 2 aromatic carbocycles. The van der Waals surface area contributed by atoms with Gasteiger partial charge < -0.3 is 38.6 Å². The van der Waals surface area contributed by atoms with E-state index in [9.17, 15) is 28.8 Å². The maximum Gasteiger partial charge on any atom is 0.347 e. The van der Waals surface area contributed by atoms with E-state index < -0.39 is 60.3 Å². The van der Waals surface area contributed by atoms with Gasteiger partial charge >= 0.3 is 35.9 Å². The summed E-state index contributed by atoms with van der Waals surface area (Å²) in [5, 5.41) is 9.54. The molecule has 0 aliphatic rings. The number of anilines is 1. The Morgan fingerprint density at radius 2 is 1.36 bits per heavy atom. The normalized spacial score (nSPS) is 13.0. The third-order valence-electron chi connectivity index (χ3n) is 6.92. The van der Waals surface area contributed by atoms with Crippen molar-refractivity contribution in [3.8, 4) is 16.9 Å². The van der Waals surface area contributed by atoms with E-state index >= 15 is 0 Å². The van der Waals surface area contributed by atoms with Gasteiger partial charge in [0.2, 0.25) is 0 Å². The third-order valence-corrected chi connectivity index (χ3v) is 6.92. The van der Waals surface area contributed by atoms with E-state index in [0.717, 1.165) is 23.6 Å². The minimum atomic E-state index is -1.47. The van der Waals surface area contributed by atoms with Crippen molar-refractivity contribution in [2.45, 2.75) is 65.6 Å². The predicted octanol–water partition coefficient (Wildman–Crippen LogP) is 3.41. The van der Waals surface area contributed by atoms with Crippen molar-refractivity contribution in [2.24, 2.45) is 0 Å². The Bertz CT molecular complexity index is 1630. The van der Waals surface area contributed by atoms with Gasteiger partial charge in [0.25, 0.3) is 0 Å². The number of ether oxygens (including phenoxy) is 6. The fraction of sp³-hybridized carbons (Fsp3) is 0.382. The van der Waals surface area contributed by atoms with Crippen molar-refractivity contribution in [1.82, 2.24) is 15.1 Å². The molecular formula is C34H40N4O12. The van der Waals surface area contributed by atoms with Crippen molar-refractivity contribution in [3.63, 3.8) is 0 Å². The first kappa shape index (κ1) is 38.5. The van der Waals surface area contributed by atoms with Crippen LogP contribution in [-0.2, 0) is 54.2 Å². The summed E-state index contributed by atoms with van der Waals surface area (Å²) in [7, 11) is 1.53. The fourth-order valence-electron chi connectivity index (χ4n) is 4.23. The van der Waals surface area contributed by atoms with Gasteiger partial charge in [-0.15, -0.1) is 0 Å². The molecule has 0 aliphatic carbocycles. The summed E-state index contributed by atoms with van der Waals surface area (Å²) >= 11 is 0. The molecule has 50 heavy (non-hydrogen) atoms. The van der Waals surface area contributed by atoms with Crippen LogP contribution in [-0.4, -0.2) is 95.7 Å². The average molecular weight is 697 g/mol. The molecular weight excluding hydrogens is 656 g/mol. The number of nitrogens with one attached hydrogen (secondary N) is 2. The summed E-state index contributed by atoms with van der Waals surface area (Å²) in [6.45, 7) is 5.93. The van der Waals surface area contributed by atoms with Gasteiger partial charge in [0.05, 0.1) is 19.9 Å². The van der Waals surface area contributed by atoms with Crippen LogP contribution in [0.2, 0.25) is 0 Å². The number of nitrogens with zero attached hydrogens (tertiary/aromatic N) is 2. The standard InChI is InChI=1S/C34H40N4O12/c1-20(48-32(42)22(3)50-33(43)23(4)49-31(41)21(2)47-24(5)39)30(40)46-15-14-38(19-25-8-7-9-29(16-25)45-6)34(44)37-28-12-10-26(11-13-28)27-17-35-36-18-27/h7-13,16-18,20-23H,14-15,19H2,1-6H3,(H,35,36)(H,37,44)/t20-,21-,22-,23-/m0/s1. The molecule has 0 saturated heterocycles. The number of amides is 2. The zero-order chi connectivity index (χ0) is 36.8. The van der Waals surface area contributed by atoms with Gasteiger partial charge in [0, 0.05) is 30.9 Å². The SMILES string of the molecule is COc1cccc(CN(CCOC(=O)[C@H](C)OC(=O)[C@H](C)OC(=O)[C@H](C)OC(=O)[C@H](C)OC(C)=O)C(=O)Nc2ccc(-c3cn[nH]c3)cc2)c1. The lowest BCUT2D eigenvalue weighted by atomic mass is 10.1. The van der Waals surface area contributed by atoms with Crippen LogP contribution in [0.5, 0.6) is 5.75 Å². The largest absolute Gasteiger partial charge is 0.497 e. The van der Waals surface area contributed by atoms with Crippen molar-refractivity contribution in [3.05, 3.63) is 66.5 Å². The van der Waals surface area contributed by atoms with Gasteiger partial charge in [-0.3, -0.25) is 9.89 Å². The van der Waals surface area contributed by atoms with Crippen LogP contribution in [0.1, 0.15) is 40.2 Å². The number of aromatic nitrogens is 2. The third kappa shape index (κ3) is 11.9. The van der Waals surface area contributed by atoms with Crippen LogP contribution in [0.3, 0.4) is 0 Å². The number of urea groups is 1. The molecule has 16 heteroatoms. The number of H-pyrrole nitrogens is 1. The van der Waals surface area contributed by atoms with E-state index in [1.165, 1.54) is 39.7 Å². The minimum Gasteiger partial charge on any atom is -0.497 e. The first-order valence-corrected chi connectivity index (χ1v) is 15.5. The molecule has 2 N–H and O–H groups in total. The van der Waals surface area contributed by atoms with Crippen LogP contribution in [0, 0.1) is 0 Å². The first-order valence-electron chi connectivity index (χ1n) is 15.5. The van der Waals surface area contributed by atoms with Crippen LogP contribution in [0.15, 0.2) is 60.9 Å². The van der Waals surface area contributed by atoms with E-state index in [-0.39, 0.29) is 19.7 Å². The zero-order valence-electron chi connectivity index (χ0n) is 28.5. The topological polar surface area (TPSA) is 202 Å². The number of hydrogen-bond donors (Lipinski definition) is 2. The monoisotopic (exact) mass is 696 g/mol. The molecule has 1 aromatic heterocycles. The molecule has 16 nitrogen and oxygen atoms in total. The van der Waals surface area contributed by atoms with E-state index in [2.05, 4.69) is 15.5 Å². The molecule has 3 aromatic rings. The Balaban J connectivity index is 1.53. The minimum absolute atomic E-state index is 0.0246. The summed E-state index contributed by atoms with van der Waals surface area (Å²) in [4.78, 5) is 75.2. The van der Waals surface area contributed by atoms with Crippen LogP contribution in [0.25, 0.3) is 11.1 Å². The number of benzene rings is 2. The number of esters is 5. The summed E-state index contributed by atoms with van der Waals surface area (Å²) in [5.41, 5.74) is 3.09. The highest BCUT2D eigenvalue weighted by atomic mass is 16.6. The van der Waals surface area contributed by atoms with Gasteiger partial charge in [-0.2, -0.15) is 5.10 Å². The van der Waals surface area contributed by atoms with Gasteiger partial charge in [-0.1, -0.05) is 24.3 Å². The fourth-order valence-corrected chi connectivity index (χ4v) is 4.23. The van der Waals surface area contributed by atoms with Crippen LogP contribution in [0.4, 0.5) is 10.5 Å². The van der Waals surface area contributed by atoms with Crippen molar-refractivity contribution in [1.29, 1.82) is 0 Å². The van der Waals surface area contributed by atoms with E-state index in [1.807, 2.05) is 18.2 Å². The Hall–Kier alpha value is -5.93. The molecule has 0 aliphatic heterocycles. The molecule has 268 valence electrons. The zero-order valence-corrected chi connectivity index (χ0v) is 28.5. The highest BCUT2D eigenvalue weighted by Crippen LogP contribution is 2.21. The Morgan fingerprint density at radius 3 is 1.90 bits per heavy atom. The van der Waals surface area contributed by atoms with Crippen LogP contribution < -0.4 is 10.1 Å². The first-order chi connectivity index (χ1) is 23.8. The summed E-state index contributed by atoms with van der Waals surface area (Å²) < 4.78 is 30.3. The number of carbonyl (C=O) groups is 6. The highest BCUT2D eigenvalue weighted by Gasteiger charge is 2.30. The predicted molar refractivity (Wildman–Crippen MR) is 175 cm³/mol. The number of aromatic amines is 1. The quantitative estimate of drug-likeness (QED) is 0.163. The Morgan fingerprint density at radius 1 is 0.780 bits per heavy atom. The van der Waals surface area contributed by atoms with Crippen LogP contribution >= 0.6 is 0 Å². The second kappa shape index (κ2) is 18.6. The molecule has 0 unspecified atom stereocenters. The molecule has 4 atom stereocenters. The Labute approximate surface area is 288 Å². The summed E-state index contributed by atoms with van der Waals surface area (Å²) in [6.07, 6.45) is -2.12. The highest BCUT2D eigenvalue weighted by molar-refractivity contribution is 5.90. The molecule has 0 bridgehead atoms. The maximum absolute atomic E-state index is 13.4. The van der Waals surface area contributed by atoms with Crippen molar-refractivity contribution < 1.29 is 57.2 Å².